The third kappa shape index (κ3) is 7.25. The molecule has 0 saturated heterocycles. The highest BCUT2D eigenvalue weighted by atomic mass is 16.5. The SMILES string of the molecule is C=C(C)COc1ccccc1NC(=O)CNc1cccc(C(=O)NC(C)c2ccccc2)c1. The van der Waals surface area contributed by atoms with Crippen LogP contribution < -0.4 is 20.7 Å². The van der Waals surface area contributed by atoms with Gasteiger partial charge >= 0.3 is 0 Å². The van der Waals surface area contributed by atoms with Gasteiger partial charge in [-0.1, -0.05) is 55.1 Å². The fraction of sp³-hybridized carbons (Fsp3) is 0.185. The number of hydrogen-bond donors (Lipinski definition) is 3. The van der Waals surface area contributed by atoms with Gasteiger partial charge in [0.2, 0.25) is 5.91 Å². The second-order valence-corrected chi connectivity index (χ2v) is 7.83. The van der Waals surface area contributed by atoms with Crippen molar-refractivity contribution in [3.63, 3.8) is 0 Å². The van der Waals surface area contributed by atoms with Crippen LogP contribution in [0.5, 0.6) is 5.75 Å². The lowest BCUT2D eigenvalue weighted by Gasteiger charge is -2.15. The third-order valence-corrected chi connectivity index (χ3v) is 4.86. The van der Waals surface area contributed by atoms with Crippen LogP contribution >= 0.6 is 0 Å². The predicted octanol–water partition coefficient (Wildman–Crippen LogP) is 5.18. The van der Waals surface area contributed by atoms with Gasteiger partial charge in [-0.2, -0.15) is 0 Å². The lowest BCUT2D eigenvalue weighted by atomic mass is 10.1. The minimum absolute atomic E-state index is 0.0420. The Kier molecular flexibility index (Phi) is 8.24. The summed E-state index contributed by atoms with van der Waals surface area (Å²) in [5.41, 5.74) is 3.71. The molecule has 33 heavy (non-hydrogen) atoms. The van der Waals surface area contributed by atoms with Gasteiger partial charge in [0.1, 0.15) is 12.4 Å². The Morgan fingerprint density at radius 3 is 2.45 bits per heavy atom. The Morgan fingerprint density at radius 2 is 1.70 bits per heavy atom. The number of carbonyl (C=O) groups excluding carboxylic acids is 2. The maximum Gasteiger partial charge on any atom is 0.251 e. The molecule has 2 amide bonds. The molecule has 0 heterocycles. The van der Waals surface area contributed by atoms with E-state index in [2.05, 4.69) is 22.5 Å². The van der Waals surface area contributed by atoms with E-state index < -0.39 is 0 Å². The first-order valence-corrected chi connectivity index (χ1v) is 10.8. The summed E-state index contributed by atoms with van der Waals surface area (Å²) in [5.74, 6) is 0.178. The van der Waals surface area contributed by atoms with Crippen LogP contribution in [0.15, 0.2) is 91.0 Å². The number of ether oxygens (including phenoxy) is 1. The standard InChI is InChI=1S/C27H29N3O3/c1-19(2)18-33-25-15-8-7-14-24(25)30-26(31)17-28-23-13-9-12-22(16-23)27(32)29-20(3)21-10-5-4-6-11-21/h4-16,20,28H,1,17-18H2,2-3H3,(H,29,32)(H,30,31). The van der Waals surface area contributed by atoms with Crippen LogP contribution in [-0.2, 0) is 4.79 Å². The van der Waals surface area contributed by atoms with Gasteiger partial charge in [-0.05, 0) is 55.3 Å². The van der Waals surface area contributed by atoms with Gasteiger partial charge in [-0.15, -0.1) is 0 Å². The van der Waals surface area contributed by atoms with Crippen molar-refractivity contribution in [3.8, 4) is 5.75 Å². The Bertz CT molecular complexity index is 1110. The number of amides is 2. The highest BCUT2D eigenvalue weighted by Crippen LogP contribution is 2.24. The van der Waals surface area contributed by atoms with Gasteiger partial charge in [0.25, 0.3) is 5.91 Å². The van der Waals surface area contributed by atoms with Crippen LogP contribution in [0, 0.1) is 0 Å². The third-order valence-electron chi connectivity index (χ3n) is 4.86. The molecule has 3 aromatic rings. The molecule has 3 N–H and O–H groups in total. The number of benzene rings is 3. The molecule has 0 aliphatic rings. The fourth-order valence-electron chi connectivity index (χ4n) is 3.15. The maximum absolute atomic E-state index is 12.7. The Hall–Kier alpha value is -4.06. The van der Waals surface area contributed by atoms with Crippen LogP contribution in [0.4, 0.5) is 11.4 Å². The van der Waals surface area contributed by atoms with Crippen molar-refractivity contribution in [2.24, 2.45) is 0 Å². The highest BCUT2D eigenvalue weighted by Gasteiger charge is 2.12. The maximum atomic E-state index is 12.7. The summed E-state index contributed by atoms with van der Waals surface area (Å²) in [6.45, 7) is 8.06. The van der Waals surface area contributed by atoms with Crippen LogP contribution in [0.1, 0.15) is 35.8 Å². The lowest BCUT2D eigenvalue weighted by molar-refractivity contribution is -0.114. The quantitative estimate of drug-likeness (QED) is 0.377. The lowest BCUT2D eigenvalue weighted by Crippen LogP contribution is -2.27. The average molecular weight is 444 g/mol. The minimum atomic E-state index is -0.228. The zero-order valence-corrected chi connectivity index (χ0v) is 18.9. The summed E-state index contributed by atoms with van der Waals surface area (Å²) in [5, 5.41) is 8.92. The van der Waals surface area contributed by atoms with Crippen molar-refractivity contribution in [2.75, 3.05) is 23.8 Å². The molecule has 6 nitrogen and oxygen atoms in total. The zero-order chi connectivity index (χ0) is 23.6. The van der Waals surface area contributed by atoms with E-state index >= 15 is 0 Å². The largest absolute Gasteiger partial charge is 0.487 e. The van der Waals surface area contributed by atoms with Gasteiger partial charge in [0.05, 0.1) is 18.3 Å². The summed E-state index contributed by atoms with van der Waals surface area (Å²) < 4.78 is 5.69. The van der Waals surface area contributed by atoms with Crippen molar-refractivity contribution < 1.29 is 14.3 Å². The molecule has 0 saturated carbocycles. The van der Waals surface area contributed by atoms with Crippen molar-refractivity contribution >= 4 is 23.2 Å². The summed E-state index contributed by atoms with van der Waals surface area (Å²) in [6, 6.07) is 24.0. The molecule has 0 aliphatic carbocycles. The van der Waals surface area contributed by atoms with E-state index in [0.717, 1.165) is 11.1 Å². The van der Waals surface area contributed by atoms with E-state index in [9.17, 15) is 9.59 Å². The normalized spacial score (nSPS) is 11.2. The van der Waals surface area contributed by atoms with Gasteiger partial charge in [0, 0.05) is 11.3 Å². The zero-order valence-electron chi connectivity index (χ0n) is 18.9. The van der Waals surface area contributed by atoms with Crippen LogP contribution in [0.25, 0.3) is 0 Å². The molecule has 1 atom stereocenters. The predicted molar refractivity (Wildman–Crippen MR) is 133 cm³/mol. The molecular weight excluding hydrogens is 414 g/mol. The summed E-state index contributed by atoms with van der Waals surface area (Å²) in [7, 11) is 0. The van der Waals surface area contributed by atoms with E-state index in [-0.39, 0.29) is 24.4 Å². The molecule has 0 aliphatic heterocycles. The monoisotopic (exact) mass is 443 g/mol. The number of hydrogen-bond acceptors (Lipinski definition) is 4. The van der Waals surface area contributed by atoms with E-state index in [0.29, 0.717) is 29.3 Å². The van der Waals surface area contributed by atoms with Gasteiger partial charge < -0.3 is 20.7 Å². The van der Waals surface area contributed by atoms with E-state index in [1.54, 1.807) is 30.3 Å². The second kappa shape index (κ2) is 11.5. The number of rotatable bonds is 10. The van der Waals surface area contributed by atoms with Crippen molar-refractivity contribution in [3.05, 3.63) is 102 Å². The molecule has 0 aromatic heterocycles. The van der Waals surface area contributed by atoms with Crippen molar-refractivity contribution in [1.82, 2.24) is 5.32 Å². The molecule has 3 rings (SSSR count). The fourth-order valence-corrected chi connectivity index (χ4v) is 3.15. The molecule has 3 aromatic carbocycles. The number of para-hydroxylation sites is 2. The van der Waals surface area contributed by atoms with E-state index in [4.69, 9.17) is 4.74 Å². The summed E-state index contributed by atoms with van der Waals surface area (Å²) in [4.78, 5) is 25.1. The Balaban J connectivity index is 1.56. The first kappa shape index (κ1) is 23.6. The average Bonchev–Trinajstić information content (AvgIpc) is 2.83. The summed E-state index contributed by atoms with van der Waals surface area (Å²) in [6.07, 6.45) is 0. The molecule has 1 unspecified atom stereocenters. The molecule has 170 valence electrons. The van der Waals surface area contributed by atoms with Crippen LogP contribution in [0.3, 0.4) is 0 Å². The van der Waals surface area contributed by atoms with Gasteiger partial charge in [0.15, 0.2) is 0 Å². The van der Waals surface area contributed by atoms with Crippen molar-refractivity contribution in [2.45, 2.75) is 19.9 Å². The Morgan fingerprint density at radius 1 is 0.970 bits per heavy atom. The molecule has 6 heteroatoms. The summed E-state index contributed by atoms with van der Waals surface area (Å²) >= 11 is 0. The van der Waals surface area contributed by atoms with Crippen LogP contribution in [0.2, 0.25) is 0 Å². The van der Waals surface area contributed by atoms with Crippen molar-refractivity contribution in [1.29, 1.82) is 0 Å². The topological polar surface area (TPSA) is 79.5 Å². The van der Waals surface area contributed by atoms with E-state index in [1.165, 1.54) is 0 Å². The smallest absolute Gasteiger partial charge is 0.251 e. The second-order valence-electron chi connectivity index (χ2n) is 7.83. The molecular formula is C27H29N3O3. The number of anilines is 2. The molecule has 0 bridgehead atoms. The van der Waals surface area contributed by atoms with E-state index in [1.807, 2.05) is 62.4 Å². The van der Waals surface area contributed by atoms with Crippen LogP contribution in [-0.4, -0.2) is 25.0 Å². The number of nitrogens with one attached hydrogen (secondary N) is 3. The highest BCUT2D eigenvalue weighted by molar-refractivity contribution is 5.97. The number of carbonyl (C=O) groups is 2. The Labute approximate surface area is 194 Å². The minimum Gasteiger partial charge on any atom is -0.487 e. The first-order chi connectivity index (χ1) is 15.9. The molecule has 0 spiro atoms. The molecule has 0 fully saturated rings. The van der Waals surface area contributed by atoms with Gasteiger partial charge in [-0.25, -0.2) is 0 Å². The van der Waals surface area contributed by atoms with Gasteiger partial charge in [-0.3, -0.25) is 9.59 Å². The first-order valence-electron chi connectivity index (χ1n) is 10.8. The molecule has 0 radical (unpaired) electrons.